The van der Waals surface area contributed by atoms with Gasteiger partial charge >= 0.3 is 0 Å². The van der Waals surface area contributed by atoms with E-state index in [-0.39, 0.29) is 6.10 Å². The zero-order valence-electron chi connectivity index (χ0n) is 14.8. The van der Waals surface area contributed by atoms with Crippen LogP contribution >= 0.6 is 0 Å². The van der Waals surface area contributed by atoms with Crippen LogP contribution in [0.5, 0.6) is 5.75 Å². The maximum absolute atomic E-state index is 6.20. The van der Waals surface area contributed by atoms with Crippen molar-refractivity contribution in [3.63, 3.8) is 0 Å². The van der Waals surface area contributed by atoms with Gasteiger partial charge in [-0.3, -0.25) is 0 Å². The third-order valence-corrected chi connectivity index (χ3v) is 5.42. The molecule has 1 aromatic carbocycles. The average molecular weight is 338 g/mol. The summed E-state index contributed by atoms with van der Waals surface area (Å²) in [6, 6.07) is 10.7. The van der Waals surface area contributed by atoms with E-state index in [0.717, 1.165) is 56.0 Å². The molecule has 0 amide bonds. The second-order valence-electron chi connectivity index (χ2n) is 7.30. The van der Waals surface area contributed by atoms with E-state index in [1.54, 1.807) is 6.33 Å². The minimum Gasteiger partial charge on any atom is -0.490 e. The lowest BCUT2D eigenvalue weighted by Gasteiger charge is -2.35. The number of aryl methyl sites for hydroxylation is 1. The summed E-state index contributed by atoms with van der Waals surface area (Å²) in [6.07, 6.45) is 6.10. The smallest absolute Gasteiger partial charge is 0.132 e. The van der Waals surface area contributed by atoms with E-state index in [0.29, 0.717) is 12.0 Å². The van der Waals surface area contributed by atoms with Gasteiger partial charge in [0.2, 0.25) is 0 Å². The van der Waals surface area contributed by atoms with Crippen LogP contribution in [-0.2, 0) is 0 Å². The number of benzene rings is 1. The Morgan fingerprint density at radius 1 is 1.12 bits per heavy atom. The van der Waals surface area contributed by atoms with Crippen molar-refractivity contribution in [1.29, 1.82) is 0 Å². The minimum atomic E-state index is 0.281. The number of piperidine rings is 1. The first-order valence-electron chi connectivity index (χ1n) is 9.24. The standard InChI is InChI=1S/C20H26N4O/c1-14-4-2-3-5-19(14)25-17-6-8-24(9-7-17)20-12-18(22-13-23-20)15-10-16(21)11-15/h2-5,12-13,15-17H,6-11,21H2,1H3. The Kier molecular flexibility index (Phi) is 4.57. The maximum atomic E-state index is 6.20. The molecule has 1 saturated heterocycles. The quantitative estimate of drug-likeness (QED) is 0.928. The van der Waals surface area contributed by atoms with E-state index >= 15 is 0 Å². The van der Waals surface area contributed by atoms with Crippen LogP contribution in [0.1, 0.15) is 42.9 Å². The van der Waals surface area contributed by atoms with E-state index in [1.165, 1.54) is 5.56 Å². The Bertz CT molecular complexity index is 721. The number of nitrogens with zero attached hydrogens (tertiary/aromatic N) is 3. The second kappa shape index (κ2) is 7.00. The number of para-hydroxylation sites is 1. The van der Waals surface area contributed by atoms with Crippen molar-refractivity contribution in [3.8, 4) is 5.75 Å². The normalized spacial score (nSPS) is 24.0. The zero-order chi connectivity index (χ0) is 17.2. The molecular weight excluding hydrogens is 312 g/mol. The van der Waals surface area contributed by atoms with Crippen LogP contribution in [0.3, 0.4) is 0 Å². The molecule has 2 aliphatic rings. The van der Waals surface area contributed by atoms with Crippen LogP contribution in [0.2, 0.25) is 0 Å². The lowest BCUT2D eigenvalue weighted by Crippen LogP contribution is -2.39. The molecule has 0 spiro atoms. The van der Waals surface area contributed by atoms with Gasteiger partial charge in [0.1, 0.15) is 24.0 Å². The third kappa shape index (κ3) is 3.61. The molecule has 2 aromatic rings. The maximum Gasteiger partial charge on any atom is 0.132 e. The summed E-state index contributed by atoms with van der Waals surface area (Å²) in [6.45, 7) is 4.04. The molecule has 0 bridgehead atoms. The molecular formula is C20H26N4O. The Labute approximate surface area is 149 Å². The Hall–Kier alpha value is -2.14. The highest BCUT2D eigenvalue weighted by atomic mass is 16.5. The lowest BCUT2D eigenvalue weighted by atomic mass is 9.78. The third-order valence-electron chi connectivity index (χ3n) is 5.42. The molecule has 2 heterocycles. The number of rotatable bonds is 4. The van der Waals surface area contributed by atoms with Gasteiger partial charge < -0.3 is 15.4 Å². The van der Waals surface area contributed by atoms with Gasteiger partial charge in [-0.2, -0.15) is 0 Å². The van der Waals surface area contributed by atoms with Crippen molar-refractivity contribution >= 4 is 5.82 Å². The number of nitrogens with two attached hydrogens (primary N) is 1. The zero-order valence-corrected chi connectivity index (χ0v) is 14.8. The van der Waals surface area contributed by atoms with Crippen molar-refractivity contribution < 1.29 is 4.74 Å². The molecule has 0 atom stereocenters. The fourth-order valence-electron chi connectivity index (χ4n) is 3.73. The lowest BCUT2D eigenvalue weighted by molar-refractivity contribution is 0.169. The van der Waals surface area contributed by atoms with E-state index in [9.17, 15) is 0 Å². The number of aromatic nitrogens is 2. The summed E-state index contributed by atoms with van der Waals surface area (Å²) in [5.41, 5.74) is 8.25. The molecule has 2 N–H and O–H groups in total. The predicted octanol–water partition coefficient (Wildman–Crippen LogP) is 3.04. The van der Waals surface area contributed by atoms with Crippen LogP contribution in [0.15, 0.2) is 36.7 Å². The summed E-state index contributed by atoms with van der Waals surface area (Å²) >= 11 is 0. The minimum absolute atomic E-state index is 0.281. The fourth-order valence-corrected chi connectivity index (χ4v) is 3.73. The molecule has 1 aliphatic carbocycles. The first-order chi connectivity index (χ1) is 12.2. The molecule has 5 nitrogen and oxygen atoms in total. The predicted molar refractivity (Wildman–Crippen MR) is 99.0 cm³/mol. The van der Waals surface area contributed by atoms with Crippen LogP contribution in [0, 0.1) is 6.92 Å². The van der Waals surface area contributed by atoms with Gasteiger partial charge in [0.15, 0.2) is 0 Å². The first-order valence-corrected chi connectivity index (χ1v) is 9.24. The monoisotopic (exact) mass is 338 g/mol. The van der Waals surface area contributed by atoms with Crippen LogP contribution < -0.4 is 15.4 Å². The fraction of sp³-hybridized carbons (Fsp3) is 0.500. The van der Waals surface area contributed by atoms with E-state index in [1.807, 2.05) is 12.1 Å². The van der Waals surface area contributed by atoms with Gasteiger partial charge in [-0.1, -0.05) is 18.2 Å². The molecule has 1 aromatic heterocycles. The number of ether oxygens (including phenoxy) is 1. The molecule has 4 rings (SSSR count). The first kappa shape index (κ1) is 16.3. The van der Waals surface area contributed by atoms with Crippen molar-refractivity contribution in [1.82, 2.24) is 9.97 Å². The molecule has 1 aliphatic heterocycles. The van der Waals surface area contributed by atoms with Crippen LogP contribution in [0.4, 0.5) is 5.82 Å². The molecule has 1 saturated carbocycles. The largest absolute Gasteiger partial charge is 0.490 e. The van der Waals surface area contributed by atoms with Crippen LogP contribution in [-0.4, -0.2) is 35.2 Å². The second-order valence-corrected chi connectivity index (χ2v) is 7.30. The van der Waals surface area contributed by atoms with Crippen molar-refractivity contribution in [2.24, 2.45) is 5.73 Å². The van der Waals surface area contributed by atoms with Gasteiger partial charge in [0.25, 0.3) is 0 Å². The molecule has 132 valence electrons. The summed E-state index contributed by atoms with van der Waals surface area (Å²) in [5.74, 6) is 2.56. The summed E-state index contributed by atoms with van der Waals surface area (Å²) < 4.78 is 6.20. The van der Waals surface area contributed by atoms with E-state index in [4.69, 9.17) is 10.5 Å². The van der Waals surface area contributed by atoms with Gasteiger partial charge in [0.05, 0.1) is 0 Å². The Morgan fingerprint density at radius 2 is 1.88 bits per heavy atom. The Balaban J connectivity index is 1.36. The Morgan fingerprint density at radius 3 is 2.60 bits per heavy atom. The highest BCUT2D eigenvalue weighted by molar-refractivity contribution is 5.41. The van der Waals surface area contributed by atoms with Gasteiger partial charge in [-0.05, 0) is 31.4 Å². The van der Waals surface area contributed by atoms with Crippen molar-refractivity contribution in [3.05, 3.63) is 47.9 Å². The SMILES string of the molecule is Cc1ccccc1OC1CCN(c2cc(C3CC(N)C3)ncn2)CC1. The molecule has 5 heteroatoms. The van der Waals surface area contributed by atoms with E-state index < -0.39 is 0 Å². The summed E-state index contributed by atoms with van der Waals surface area (Å²) in [5, 5.41) is 0. The molecule has 2 fully saturated rings. The molecule has 0 radical (unpaired) electrons. The topological polar surface area (TPSA) is 64.3 Å². The number of hydrogen-bond donors (Lipinski definition) is 1. The summed E-state index contributed by atoms with van der Waals surface area (Å²) in [4.78, 5) is 11.3. The average Bonchev–Trinajstić information content (AvgIpc) is 2.62. The number of hydrogen-bond acceptors (Lipinski definition) is 5. The van der Waals surface area contributed by atoms with Gasteiger partial charge in [-0.15, -0.1) is 0 Å². The van der Waals surface area contributed by atoms with Gasteiger partial charge in [-0.25, -0.2) is 9.97 Å². The number of anilines is 1. The molecule has 25 heavy (non-hydrogen) atoms. The highest BCUT2D eigenvalue weighted by Crippen LogP contribution is 2.35. The summed E-state index contributed by atoms with van der Waals surface area (Å²) in [7, 11) is 0. The van der Waals surface area contributed by atoms with Crippen molar-refractivity contribution in [2.45, 2.75) is 50.7 Å². The van der Waals surface area contributed by atoms with Gasteiger partial charge in [0, 0.05) is 49.7 Å². The van der Waals surface area contributed by atoms with E-state index in [2.05, 4.69) is 40.0 Å². The van der Waals surface area contributed by atoms with Crippen molar-refractivity contribution in [2.75, 3.05) is 18.0 Å². The molecule has 0 unspecified atom stereocenters. The van der Waals surface area contributed by atoms with Crippen LogP contribution in [0.25, 0.3) is 0 Å². The highest BCUT2D eigenvalue weighted by Gasteiger charge is 2.29.